The van der Waals surface area contributed by atoms with E-state index in [1.807, 2.05) is 17.0 Å². The van der Waals surface area contributed by atoms with Crippen molar-refractivity contribution in [2.45, 2.75) is 18.9 Å². The van der Waals surface area contributed by atoms with E-state index in [1.54, 1.807) is 6.20 Å². The average molecular weight is 338 g/mol. The normalized spacial score (nSPS) is 18.8. The molecule has 19 heavy (non-hydrogen) atoms. The fraction of sp³-hybridized carbons (Fsp3) is 0.308. The van der Waals surface area contributed by atoms with Gasteiger partial charge in [0.05, 0.1) is 24.0 Å². The molecule has 1 saturated heterocycles. The molecule has 1 aliphatic rings. The second kappa shape index (κ2) is 5.38. The summed E-state index contributed by atoms with van der Waals surface area (Å²) < 4.78 is 8.98. The van der Waals surface area contributed by atoms with Crippen molar-refractivity contribution in [1.82, 2.24) is 13.6 Å². The summed E-state index contributed by atoms with van der Waals surface area (Å²) >= 11 is 4.55. The Hall–Kier alpha value is -1.27. The Labute approximate surface area is 123 Å². The first-order valence-corrected chi connectivity index (χ1v) is 7.62. The molecule has 0 unspecified atom stereocenters. The lowest BCUT2D eigenvalue weighted by atomic mass is 10.0. The Morgan fingerprint density at radius 2 is 2.37 bits per heavy atom. The van der Waals surface area contributed by atoms with Crippen LogP contribution in [0.5, 0.6) is 0 Å². The van der Waals surface area contributed by atoms with Crippen LogP contribution in [0.4, 0.5) is 0 Å². The van der Waals surface area contributed by atoms with Crippen molar-refractivity contribution >= 4 is 33.6 Å². The van der Waals surface area contributed by atoms with E-state index in [9.17, 15) is 4.79 Å². The molecule has 0 radical (unpaired) electrons. The number of halogens is 1. The molecule has 3 rings (SSSR count). The number of aromatic nitrogens is 2. The monoisotopic (exact) mass is 337 g/mol. The van der Waals surface area contributed by atoms with Crippen molar-refractivity contribution in [2.24, 2.45) is 0 Å². The van der Waals surface area contributed by atoms with E-state index in [-0.39, 0.29) is 11.9 Å². The molecule has 0 N–H and O–H groups in total. The first-order chi connectivity index (χ1) is 9.25. The third-order valence-corrected chi connectivity index (χ3v) is 4.30. The SMILES string of the molecule is O=C(c1cnsn1)N1CCC[C@@H]1c1cccc(Br)c1. The van der Waals surface area contributed by atoms with Gasteiger partial charge >= 0.3 is 0 Å². The van der Waals surface area contributed by atoms with Crippen LogP contribution in [-0.4, -0.2) is 26.1 Å². The van der Waals surface area contributed by atoms with Crippen LogP contribution in [0.25, 0.3) is 0 Å². The van der Waals surface area contributed by atoms with Gasteiger partial charge in [-0.15, -0.1) is 0 Å². The third-order valence-electron chi connectivity index (χ3n) is 3.33. The maximum absolute atomic E-state index is 12.4. The molecular weight excluding hydrogens is 326 g/mol. The smallest absolute Gasteiger partial charge is 0.275 e. The zero-order valence-electron chi connectivity index (χ0n) is 10.1. The van der Waals surface area contributed by atoms with E-state index in [1.165, 1.54) is 5.56 Å². The highest BCUT2D eigenvalue weighted by atomic mass is 79.9. The maximum atomic E-state index is 12.4. The molecule has 0 bridgehead atoms. The highest BCUT2D eigenvalue weighted by molar-refractivity contribution is 9.10. The largest absolute Gasteiger partial charge is 0.330 e. The molecule has 1 aromatic carbocycles. The van der Waals surface area contributed by atoms with Crippen LogP contribution >= 0.6 is 27.7 Å². The Morgan fingerprint density at radius 1 is 1.47 bits per heavy atom. The first-order valence-electron chi connectivity index (χ1n) is 6.10. The minimum absolute atomic E-state index is 0.0174. The van der Waals surface area contributed by atoms with Gasteiger partial charge in [0, 0.05) is 11.0 Å². The number of nitrogens with zero attached hydrogens (tertiary/aromatic N) is 3. The number of rotatable bonds is 2. The Balaban J connectivity index is 1.88. The first kappa shape index (κ1) is 12.7. The van der Waals surface area contributed by atoms with Crippen molar-refractivity contribution in [3.05, 3.63) is 46.2 Å². The van der Waals surface area contributed by atoms with Gasteiger partial charge in [-0.3, -0.25) is 4.79 Å². The predicted molar refractivity (Wildman–Crippen MR) is 77.1 cm³/mol. The summed E-state index contributed by atoms with van der Waals surface area (Å²) in [6.45, 7) is 0.785. The van der Waals surface area contributed by atoms with E-state index >= 15 is 0 Å². The lowest BCUT2D eigenvalue weighted by Crippen LogP contribution is -2.30. The van der Waals surface area contributed by atoms with Crippen LogP contribution in [0.1, 0.15) is 34.9 Å². The highest BCUT2D eigenvalue weighted by Crippen LogP contribution is 2.33. The number of likely N-dealkylation sites (tertiary alicyclic amines) is 1. The fourth-order valence-corrected chi connectivity index (χ4v) is 3.30. The number of carbonyl (C=O) groups excluding carboxylic acids is 1. The van der Waals surface area contributed by atoms with Gasteiger partial charge in [-0.2, -0.15) is 8.75 Å². The summed E-state index contributed by atoms with van der Waals surface area (Å²) in [6.07, 6.45) is 3.57. The maximum Gasteiger partial charge on any atom is 0.275 e. The molecule has 1 amide bonds. The summed E-state index contributed by atoms with van der Waals surface area (Å²) in [5, 5.41) is 0. The minimum Gasteiger partial charge on any atom is -0.330 e. The van der Waals surface area contributed by atoms with Gasteiger partial charge in [-0.1, -0.05) is 28.1 Å². The van der Waals surface area contributed by atoms with Gasteiger partial charge in [0.25, 0.3) is 5.91 Å². The molecule has 2 heterocycles. The number of hydrogen-bond donors (Lipinski definition) is 0. The Kier molecular flexibility index (Phi) is 3.61. The Morgan fingerprint density at radius 3 is 3.11 bits per heavy atom. The van der Waals surface area contributed by atoms with Gasteiger partial charge in [0.1, 0.15) is 0 Å². The molecule has 6 heteroatoms. The quantitative estimate of drug-likeness (QED) is 0.844. The highest BCUT2D eigenvalue weighted by Gasteiger charge is 2.31. The number of amides is 1. The van der Waals surface area contributed by atoms with Crippen molar-refractivity contribution in [1.29, 1.82) is 0 Å². The zero-order valence-corrected chi connectivity index (χ0v) is 12.5. The summed E-state index contributed by atoms with van der Waals surface area (Å²) in [6, 6.07) is 8.29. The van der Waals surface area contributed by atoms with Crippen molar-refractivity contribution in [3.8, 4) is 0 Å². The van der Waals surface area contributed by atoms with Crippen LogP contribution < -0.4 is 0 Å². The molecule has 1 atom stereocenters. The molecule has 0 saturated carbocycles. The summed E-state index contributed by atoms with van der Waals surface area (Å²) in [5.74, 6) is -0.0174. The Bertz CT molecular complexity index is 587. The molecule has 1 aliphatic heterocycles. The van der Waals surface area contributed by atoms with Crippen LogP contribution in [0.3, 0.4) is 0 Å². The average Bonchev–Trinajstić information content (AvgIpc) is 3.09. The van der Waals surface area contributed by atoms with Crippen LogP contribution in [0, 0.1) is 0 Å². The van der Waals surface area contributed by atoms with Crippen molar-refractivity contribution in [3.63, 3.8) is 0 Å². The minimum atomic E-state index is -0.0174. The second-order valence-corrected chi connectivity index (χ2v) is 5.98. The summed E-state index contributed by atoms with van der Waals surface area (Å²) in [4.78, 5) is 14.3. The summed E-state index contributed by atoms with van der Waals surface area (Å²) in [7, 11) is 0. The third kappa shape index (κ3) is 2.55. The van der Waals surface area contributed by atoms with Crippen molar-refractivity contribution in [2.75, 3.05) is 6.54 Å². The molecule has 98 valence electrons. The molecule has 4 nitrogen and oxygen atoms in total. The lowest BCUT2D eigenvalue weighted by molar-refractivity contribution is 0.0730. The molecule has 0 spiro atoms. The molecule has 0 aliphatic carbocycles. The fourth-order valence-electron chi connectivity index (χ4n) is 2.48. The van der Waals surface area contributed by atoms with Gasteiger partial charge in [-0.25, -0.2) is 0 Å². The van der Waals surface area contributed by atoms with E-state index in [0.29, 0.717) is 5.69 Å². The van der Waals surface area contributed by atoms with Gasteiger partial charge in [0.15, 0.2) is 5.69 Å². The van der Waals surface area contributed by atoms with Gasteiger partial charge < -0.3 is 4.90 Å². The van der Waals surface area contributed by atoms with Gasteiger partial charge in [-0.05, 0) is 30.5 Å². The van der Waals surface area contributed by atoms with E-state index < -0.39 is 0 Å². The number of carbonyl (C=O) groups is 1. The second-order valence-electron chi connectivity index (χ2n) is 4.50. The predicted octanol–water partition coefficient (Wildman–Crippen LogP) is 3.28. The number of hydrogen-bond acceptors (Lipinski definition) is 4. The lowest BCUT2D eigenvalue weighted by Gasteiger charge is -2.24. The van der Waals surface area contributed by atoms with E-state index in [2.05, 4.69) is 36.8 Å². The van der Waals surface area contributed by atoms with Gasteiger partial charge in [0.2, 0.25) is 0 Å². The summed E-state index contributed by atoms with van der Waals surface area (Å²) in [5.41, 5.74) is 1.62. The van der Waals surface area contributed by atoms with Crippen LogP contribution in [0.15, 0.2) is 34.9 Å². The van der Waals surface area contributed by atoms with Crippen LogP contribution in [-0.2, 0) is 0 Å². The molecule has 1 aromatic heterocycles. The number of benzene rings is 1. The van der Waals surface area contributed by atoms with E-state index in [0.717, 1.165) is 35.6 Å². The standard InChI is InChI=1S/C13H12BrN3OS/c14-10-4-1-3-9(7-10)12-5-2-6-17(12)13(18)11-8-15-19-16-11/h1,3-4,7-8,12H,2,5-6H2/t12-/m1/s1. The van der Waals surface area contributed by atoms with Crippen molar-refractivity contribution < 1.29 is 4.79 Å². The van der Waals surface area contributed by atoms with E-state index in [4.69, 9.17) is 0 Å². The molecule has 1 fully saturated rings. The molecular formula is C13H12BrN3OS. The van der Waals surface area contributed by atoms with Crippen LogP contribution in [0.2, 0.25) is 0 Å². The topological polar surface area (TPSA) is 46.1 Å². The molecule has 2 aromatic rings. The zero-order chi connectivity index (χ0) is 13.2.